The number of nitrogens with one attached hydrogen (secondary N) is 1. The lowest BCUT2D eigenvalue weighted by Crippen LogP contribution is -2.43. The molecular formula is C21H20ClN3O. The molecule has 0 spiro atoms. The first-order valence-corrected chi connectivity index (χ1v) is 9.13. The third-order valence-corrected chi connectivity index (χ3v) is 5.58. The maximum absolute atomic E-state index is 12.8. The van der Waals surface area contributed by atoms with Crippen LogP contribution in [-0.4, -0.2) is 16.5 Å². The minimum atomic E-state index is -0.277. The Bertz CT molecular complexity index is 1000. The molecule has 0 radical (unpaired) electrons. The number of hydrogen-bond acceptors (Lipinski definition) is 3. The maximum Gasteiger partial charge on any atom is 0.276 e. The smallest absolute Gasteiger partial charge is 0.276 e. The third kappa shape index (κ3) is 2.96. The molecule has 1 unspecified atom stereocenters. The van der Waals surface area contributed by atoms with Crippen molar-refractivity contribution in [2.24, 2.45) is 5.73 Å². The van der Waals surface area contributed by atoms with Crippen LogP contribution in [0, 0.1) is 0 Å². The van der Waals surface area contributed by atoms with Gasteiger partial charge in [0.25, 0.3) is 5.56 Å². The quantitative estimate of drug-likeness (QED) is 0.746. The molecule has 0 saturated heterocycles. The first-order valence-electron chi connectivity index (χ1n) is 8.75. The minimum Gasteiger partial charge on any atom is -0.343 e. The molecule has 26 heavy (non-hydrogen) atoms. The van der Waals surface area contributed by atoms with Crippen molar-refractivity contribution in [1.82, 2.24) is 9.97 Å². The van der Waals surface area contributed by atoms with Crippen molar-refractivity contribution in [1.29, 1.82) is 0 Å². The predicted molar refractivity (Wildman–Crippen MR) is 105 cm³/mol. The molecular weight excluding hydrogens is 346 g/mol. The van der Waals surface area contributed by atoms with E-state index >= 15 is 0 Å². The van der Waals surface area contributed by atoms with Gasteiger partial charge in [0.1, 0.15) is 5.82 Å². The van der Waals surface area contributed by atoms with Crippen LogP contribution < -0.4 is 11.3 Å². The standard InChI is InChI=1S/C21H20ClN3O/c22-16-8-4-7-15(11-16)21(13-23)10-9-18-17(12-21)20(26)25-19(24-18)14-5-2-1-3-6-14/h1-8,11H,9-10,12-13,23H2,(H,24,25,26). The number of aromatic nitrogens is 2. The Labute approximate surface area is 157 Å². The summed E-state index contributed by atoms with van der Waals surface area (Å²) in [5, 5.41) is 0.688. The summed E-state index contributed by atoms with van der Waals surface area (Å²) in [6.45, 7) is 0.465. The lowest BCUT2D eigenvalue weighted by Gasteiger charge is -2.37. The van der Waals surface area contributed by atoms with Crippen LogP contribution in [0.4, 0.5) is 0 Å². The second-order valence-corrected chi connectivity index (χ2v) is 7.32. The first kappa shape index (κ1) is 17.0. The van der Waals surface area contributed by atoms with Gasteiger partial charge in [-0.05, 0) is 37.0 Å². The van der Waals surface area contributed by atoms with E-state index in [9.17, 15) is 4.79 Å². The largest absolute Gasteiger partial charge is 0.343 e. The van der Waals surface area contributed by atoms with Gasteiger partial charge < -0.3 is 10.7 Å². The van der Waals surface area contributed by atoms with Crippen LogP contribution in [0.25, 0.3) is 11.4 Å². The Morgan fingerprint density at radius 3 is 2.69 bits per heavy atom. The highest BCUT2D eigenvalue weighted by Gasteiger charge is 2.37. The second-order valence-electron chi connectivity index (χ2n) is 6.89. The summed E-state index contributed by atoms with van der Waals surface area (Å²) < 4.78 is 0. The summed E-state index contributed by atoms with van der Waals surface area (Å²) in [4.78, 5) is 20.4. The number of rotatable bonds is 3. The highest BCUT2D eigenvalue weighted by Crippen LogP contribution is 2.37. The number of fused-ring (bicyclic) bond motifs is 1. The molecule has 1 heterocycles. The molecule has 5 heteroatoms. The maximum atomic E-state index is 12.8. The molecule has 0 amide bonds. The Morgan fingerprint density at radius 1 is 1.15 bits per heavy atom. The normalized spacial score (nSPS) is 19.2. The molecule has 3 aromatic rings. The first-order chi connectivity index (χ1) is 12.6. The van der Waals surface area contributed by atoms with E-state index in [0.717, 1.165) is 35.2 Å². The van der Waals surface area contributed by atoms with Crippen molar-refractivity contribution >= 4 is 11.6 Å². The predicted octanol–water partition coefficient (Wildman–Crippen LogP) is 3.48. The van der Waals surface area contributed by atoms with Gasteiger partial charge >= 0.3 is 0 Å². The summed E-state index contributed by atoms with van der Waals surface area (Å²) >= 11 is 6.18. The monoisotopic (exact) mass is 365 g/mol. The van der Waals surface area contributed by atoms with Gasteiger partial charge in [-0.3, -0.25) is 4.79 Å². The van der Waals surface area contributed by atoms with Gasteiger partial charge in [-0.15, -0.1) is 0 Å². The van der Waals surface area contributed by atoms with Crippen LogP contribution in [0.2, 0.25) is 5.02 Å². The zero-order valence-corrected chi connectivity index (χ0v) is 15.1. The zero-order valence-electron chi connectivity index (χ0n) is 14.3. The van der Waals surface area contributed by atoms with Crippen molar-refractivity contribution in [3.63, 3.8) is 0 Å². The van der Waals surface area contributed by atoms with E-state index in [-0.39, 0.29) is 11.0 Å². The topological polar surface area (TPSA) is 71.8 Å². The molecule has 0 saturated carbocycles. The molecule has 1 aliphatic rings. The molecule has 1 aliphatic carbocycles. The minimum absolute atomic E-state index is 0.169. The number of nitrogens with two attached hydrogens (primary N) is 1. The summed E-state index contributed by atoms with van der Waals surface area (Å²) in [5.41, 5.74) is 9.43. The van der Waals surface area contributed by atoms with Gasteiger partial charge in [0.15, 0.2) is 0 Å². The van der Waals surface area contributed by atoms with Crippen LogP contribution >= 0.6 is 11.6 Å². The number of hydrogen-bond donors (Lipinski definition) is 2. The van der Waals surface area contributed by atoms with E-state index in [1.807, 2.05) is 54.6 Å². The third-order valence-electron chi connectivity index (χ3n) is 5.35. The van der Waals surface area contributed by atoms with Crippen LogP contribution in [0.15, 0.2) is 59.4 Å². The molecule has 132 valence electrons. The molecule has 1 aromatic heterocycles. The second kappa shape index (κ2) is 6.71. The summed E-state index contributed by atoms with van der Waals surface area (Å²) in [5.74, 6) is 0.623. The molecule has 3 N–H and O–H groups in total. The number of benzene rings is 2. The Kier molecular flexibility index (Phi) is 4.39. The number of H-pyrrole nitrogens is 1. The van der Waals surface area contributed by atoms with Gasteiger partial charge in [0.05, 0.1) is 0 Å². The lowest BCUT2D eigenvalue weighted by atomic mass is 9.68. The average Bonchev–Trinajstić information content (AvgIpc) is 2.68. The highest BCUT2D eigenvalue weighted by molar-refractivity contribution is 6.30. The van der Waals surface area contributed by atoms with E-state index in [1.165, 1.54) is 0 Å². The van der Waals surface area contributed by atoms with Crippen molar-refractivity contribution in [2.75, 3.05) is 6.54 Å². The fourth-order valence-electron chi connectivity index (χ4n) is 3.82. The van der Waals surface area contributed by atoms with Crippen molar-refractivity contribution in [3.8, 4) is 11.4 Å². The molecule has 4 nitrogen and oxygen atoms in total. The summed E-state index contributed by atoms with van der Waals surface area (Å²) in [6, 6.07) is 17.5. The van der Waals surface area contributed by atoms with Crippen molar-refractivity contribution in [2.45, 2.75) is 24.7 Å². The van der Waals surface area contributed by atoms with Crippen LogP contribution in [-0.2, 0) is 18.3 Å². The Morgan fingerprint density at radius 2 is 1.96 bits per heavy atom. The molecule has 0 fully saturated rings. The molecule has 1 atom stereocenters. The summed E-state index contributed by atoms with van der Waals surface area (Å²) in [6.07, 6.45) is 2.21. The van der Waals surface area contributed by atoms with E-state index < -0.39 is 0 Å². The van der Waals surface area contributed by atoms with Crippen LogP contribution in [0.5, 0.6) is 0 Å². The van der Waals surface area contributed by atoms with Gasteiger partial charge in [0.2, 0.25) is 0 Å². The van der Waals surface area contributed by atoms with Crippen LogP contribution in [0.3, 0.4) is 0 Å². The molecule has 4 rings (SSSR count). The number of halogens is 1. The number of nitrogens with zero attached hydrogens (tertiary/aromatic N) is 1. The van der Waals surface area contributed by atoms with Crippen molar-refractivity contribution in [3.05, 3.63) is 86.8 Å². The van der Waals surface area contributed by atoms with Gasteiger partial charge in [-0.1, -0.05) is 54.1 Å². The van der Waals surface area contributed by atoms with E-state index in [2.05, 4.69) is 9.97 Å². The molecule has 0 aliphatic heterocycles. The van der Waals surface area contributed by atoms with Gasteiger partial charge in [-0.25, -0.2) is 0 Å². The average molecular weight is 366 g/mol. The zero-order chi connectivity index (χ0) is 18.1. The molecule has 2 aromatic carbocycles. The van der Waals surface area contributed by atoms with Gasteiger partial charge in [-0.2, -0.15) is 4.98 Å². The Balaban J connectivity index is 1.76. The summed E-state index contributed by atoms with van der Waals surface area (Å²) in [7, 11) is 0. The molecule has 0 bridgehead atoms. The van der Waals surface area contributed by atoms with E-state index in [4.69, 9.17) is 17.3 Å². The SMILES string of the molecule is NCC1(c2cccc(Cl)c2)CCc2[nH]c(-c3ccccc3)nc(=O)c2C1. The lowest BCUT2D eigenvalue weighted by molar-refractivity contribution is 0.374. The van der Waals surface area contributed by atoms with E-state index in [1.54, 1.807) is 0 Å². The highest BCUT2D eigenvalue weighted by atomic mass is 35.5. The van der Waals surface area contributed by atoms with Crippen molar-refractivity contribution < 1.29 is 0 Å². The van der Waals surface area contributed by atoms with E-state index in [0.29, 0.717) is 23.8 Å². The van der Waals surface area contributed by atoms with Crippen LogP contribution in [0.1, 0.15) is 23.2 Å². The fraction of sp³-hybridized carbons (Fsp3) is 0.238. The Hall–Kier alpha value is -2.43. The number of aryl methyl sites for hydroxylation is 1. The fourth-order valence-corrected chi connectivity index (χ4v) is 4.01. The van der Waals surface area contributed by atoms with Gasteiger partial charge in [0, 0.05) is 33.8 Å². The number of aromatic amines is 1.